The topological polar surface area (TPSA) is 82.6 Å². The Kier molecular flexibility index (Phi) is 11.3. The second-order valence-corrected chi connectivity index (χ2v) is 15.9. The smallest absolute Gasteiger partial charge is 0.330 e. The predicted octanol–water partition coefficient (Wildman–Crippen LogP) is 9.39. The number of nitrogens with zero attached hydrogens (tertiary/aromatic N) is 1. The zero-order valence-electron chi connectivity index (χ0n) is 30.2. The zero-order valence-corrected chi connectivity index (χ0v) is 33.9. The van der Waals surface area contributed by atoms with E-state index in [1.54, 1.807) is 0 Å². The van der Waals surface area contributed by atoms with E-state index in [9.17, 15) is 9.59 Å². The fraction of sp³-hybridized carbons (Fsp3) is 0.149. The predicted molar refractivity (Wildman–Crippen MR) is 230 cm³/mol. The molecule has 1 aliphatic heterocycles. The van der Waals surface area contributed by atoms with Crippen molar-refractivity contribution in [3.63, 3.8) is 0 Å². The highest BCUT2D eigenvalue weighted by Gasteiger charge is 2.52. The largest absolute Gasteiger partial charge is 0.358 e. The molecule has 7 nitrogen and oxygen atoms in total. The van der Waals surface area contributed by atoms with Crippen LogP contribution >= 0.6 is 38.5 Å². The molecule has 8 rings (SSSR count). The van der Waals surface area contributed by atoms with Crippen LogP contribution in [0.2, 0.25) is 0 Å². The number of hydrogen-bond acceptors (Lipinski definition) is 5. The van der Waals surface area contributed by atoms with Gasteiger partial charge in [-0.05, 0) is 49.3 Å². The summed E-state index contributed by atoms with van der Waals surface area (Å²) in [5.74, 6) is 0. The molecule has 0 aliphatic carbocycles. The maximum atomic E-state index is 13.7. The highest BCUT2D eigenvalue weighted by Crippen LogP contribution is 2.48. The molecule has 56 heavy (non-hydrogen) atoms. The first-order valence-corrected chi connectivity index (χ1v) is 20.4. The maximum absolute atomic E-state index is 13.7. The average molecular weight is 918 g/mol. The number of H-pyrrole nitrogens is 1. The molecule has 2 heterocycles. The molecule has 0 unspecified atom stereocenters. The molecule has 0 radical (unpaired) electrons. The number of hydrogen-bond donors (Lipinski definition) is 1. The van der Waals surface area contributed by atoms with Gasteiger partial charge in [-0.3, -0.25) is 14.3 Å². The first-order valence-electron chi connectivity index (χ1n) is 18.4. The van der Waals surface area contributed by atoms with Gasteiger partial charge >= 0.3 is 5.69 Å². The molecule has 4 atom stereocenters. The van der Waals surface area contributed by atoms with Crippen LogP contribution in [0.15, 0.2) is 202 Å². The van der Waals surface area contributed by atoms with Crippen LogP contribution < -0.4 is 11.2 Å². The second kappa shape index (κ2) is 16.7. The van der Waals surface area contributed by atoms with E-state index in [4.69, 9.17) is 14.2 Å². The normalized spacial score (nSPS) is 18.5. The maximum Gasteiger partial charge on any atom is 0.330 e. The second-order valence-electron chi connectivity index (χ2n) is 13.6. The van der Waals surface area contributed by atoms with E-state index in [1.165, 1.54) is 10.8 Å². The Morgan fingerprint density at radius 1 is 0.589 bits per heavy atom. The van der Waals surface area contributed by atoms with Crippen LogP contribution in [-0.2, 0) is 25.4 Å². The number of nitrogens with one attached hydrogen (secondary N) is 1. The number of benzene rings is 6. The van der Waals surface area contributed by atoms with Gasteiger partial charge in [-0.1, -0.05) is 205 Å². The van der Waals surface area contributed by atoms with Crippen molar-refractivity contribution in [3.05, 3.63) is 247 Å². The Hall–Kier alpha value is -4.91. The van der Waals surface area contributed by atoms with E-state index in [2.05, 4.69) is 116 Å². The molecule has 0 amide bonds. The lowest BCUT2D eigenvalue weighted by molar-refractivity contribution is -0.119. The van der Waals surface area contributed by atoms with Crippen molar-refractivity contribution in [1.82, 2.24) is 9.55 Å². The number of alkyl halides is 1. The summed E-state index contributed by atoms with van der Waals surface area (Å²) in [4.78, 5) is 28.8. The molecular formula is C47H38BrIN2O5. The van der Waals surface area contributed by atoms with Crippen molar-refractivity contribution < 1.29 is 14.2 Å². The van der Waals surface area contributed by atoms with Crippen molar-refractivity contribution in [3.8, 4) is 0 Å². The van der Waals surface area contributed by atoms with E-state index < -0.39 is 40.9 Å². The van der Waals surface area contributed by atoms with Gasteiger partial charge in [-0.15, -0.1) is 0 Å². The summed E-state index contributed by atoms with van der Waals surface area (Å²) in [5.41, 5.74) is 2.34. The van der Waals surface area contributed by atoms with E-state index in [-0.39, 0.29) is 15.0 Å². The van der Waals surface area contributed by atoms with E-state index >= 15 is 0 Å². The molecule has 7 aromatic rings. The molecule has 1 N–H and O–H groups in total. The number of halogens is 2. The van der Waals surface area contributed by atoms with Crippen LogP contribution in [0.4, 0.5) is 0 Å². The SMILES string of the molecule is O=c1[nH]c(=O)n([C@@H]2O[C@H](COC(c3ccccc3)(c3ccccc3)c3ccccc3)[C@@H](I)[C@H]2OC(c2ccccc2)(c2ccccc2)c2ccccc2)cc1Br. The fourth-order valence-corrected chi connectivity index (χ4v) is 8.93. The van der Waals surface area contributed by atoms with Crippen molar-refractivity contribution in [1.29, 1.82) is 0 Å². The van der Waals surface area contributed by atoms with Gasteiger partial charge < -0.3 is 14.2 Å². The first kappa shape index (κ1) is 38.0. The molecule has 0 spiro atoms. The Balaban J connectivity index is 1.27. The third kappa shape index (κ3) is 7.14. The van der Waals surface area contributed by atoms with Crippen LogP contribution in [0.25, 0.3) is 0 Å². The molecular weight excluding hydrogens is 879 g/mol. The third-order valence-electron chi connectivity index (χ3n) is 10.3. The number of ether oxygens (including phenoxy) is 3. The molecule has 1 aromatic heterocycles. The highest BCUT2D eigenvalue weighted by molar-refractivity contribution is 14.1. The Bertz CT molecular complexity index is 2280. The third-order valence-corrected chi connectivity index (χ3v) is 12.4. The van der Waals surface area contributed by atoms with Crippen molar-refractivity contribution >= 4 is 38.5 Å². The van der Waals surface area contributed by atoms with Gasteiger partial charge in [-0.2, -0.15) is 0 Å². The van der Waals surface area contributed by atoms with Gasteiger partial charge in [0.05, 0.1) is 21.1 Å². The molecule has 6 aromatic carbocycles. The van der Waals surface area contributed by atoms with Crippen LogP contribution in [0, 0.1) is 0 Å². The summed E-state index contributed by atoms with van der Waals surface area (Å²) < 4.78 is 23.1. The molecule has 1 fully saturated rings. The molecule has 1 saturated heterocycles. The quantitative estimate of drug-likeness (QED) is 0.0751. The minimum Gasteiger partial charge on any atom is -0.358 e. The van der Waals surface area contributed by atoms with Gasteiger partial charge in [0.15, 0.2) is 6.23 Å². The monoisotopic (exact) mass is 916 g/mol. The van der Waals surface area contributed by atoms with Gasteiger partial charge in [0.25, 0.3) is 5.56 Å². The van der Waals surface area contributed by atoms with Crippen molar-refractivity contribution in [2.75, 3.05) is 6.61 Å². The fourth-order valence-electron chi connectivity index (χ4n) is 7.73. The summed E-state index contributed by atoms with van der Waals surface area (Å²) in [5, 5.41) is 0. The molecule has 9 heteroatoms. The standard InChI is InChI=1S/C47H38BrIN2O5/c48-39-31-51(45(53)50-43(39)52)44-42(56-47(36-25-13-4-14-26-36,37-27-15-5-16-28-37)38-29-17-6-18-30-38)41(49)40(55-44)32-54-46(33-19-7-1-8-20-33,34-21-9-2-10-22-34)35-23-11-3-12-24-35/h1-31,40-42,44H,32H2,(H,50,52,53)/t40-,41-,42-,44-/m1/s1. The minimum absolute atomic E-state index is 0.136. The number of rotatable bonds is 12. The number of aromatic amines is 1. The average Bonchev–Trinajstić information content (AvgIpc) is 3.56. The Morgan fingerprint density at radius 2 is 0.946 bits per heavy atom. The zero-order chi connectivity index (χ0) is 38.5. The lowest BCUT2D eigenvalue weighted by atomic mass is 9.79. The minimum atomic E-state index is -1.12. The highest BCUT2D eigenvalue weighted by atomic mass is 127. The molecule has 0 saturated carbocycles. The summed E-state index contributed by atoms with van der Waals surface area (Å²) in [6.07, 6.45) is -0.786. The van der Waals surface area contributed by atoms with Crippen LogP contribution in [0.5, 0.6) is 0 Å². The molecule has 0 bridgehead atoms. The Labute approximate surface area is 347 Å². The summed E-state index contributed by atoms with van der Waals surface area (Å²) in [6.45, 7) is 0.136. The first-order chi connectivity index (χ1) is 27.4. The van der Waals surface area contributed by atoms with Gasteiger partial charge in [-0.25, -0.2) is 4.79 Å². The van der Waals surface area contributed by atoms with E-state index in [1.807, 2.05) is 109 Å². The van der Waals surface area contributed by atoms with Crippen LogP contribution in [-0.4, -0.2) is 32.3 Å². The van der Waals surface area contributed by atoms with Crippen LogP contribution in [0.3, 0.4) is 0 Å². The van der Waals surface area contributed by atoms with Crippen molar-refractivity contribution in [2.45, 2.75) is 33.6 Å². The van der Waals surface area contributed by atoms with Gasteiger partial charge in [0, 0.05) is 6.20 Å². The summed E-state index contributed by atoms with van der Waals surface area (Å²) in [6, 6.07) is 60.9. The lowest BCUT2D eigenvalue weighted by Crippen LogP contribution is -2.44. The molecule has 280 valence electrons. The Morgan fingerprint density at radius 3 is 1.32 bits per heavy atom. The van der Waals surface area contributed by atoms with Gasteiger partial charge in [0.2, 0.25) is 0 Å². The lowest BCUT2D eigenvalue weighted by Gasteiger charge is -2.40. The number of aromatic nitrogens is 2. The van der Waals surface area contributed by atoms with E-state index in [0.29, 0.717) is 0 Å². The summed E-state index contributed by atoms with van der Waals surface area (Å²) in [7, 11) is 0. The van der Waals surface area contributed by atoms with E-state index in [0.717, 1.165) is 33.4 Å². The van der Waals surface area contributed by atoms with Crippen molar-refractivity contribution in [2.24, 2.45) is 0 Å². The van der Waals surface area contributed by atoms with Gasteiger partial charge in [0.1, 0.15) is 17.3 Å². The van der Waals surface area contributed by atoms with Crippen LogP contribution in [0.1, 0.15) is 39.6 Å². The summed E-state index contributed by atoms with van der Waals surface area (Å²) >= 11 is 5.75. The molecule has 1 aliphatic rings.